The van der Waals surface area contributed by atoms with E-state index < -0.39 is 15.1 Å². The Morgan fingerprint density at radius 3 is 1.73 bits per heavy atom. The molecule has 1 aromatic rings. The standard InChI is InChI=1S/C20H28N2O2S.C13H22N2O2S.C3H9ISi/c1-14(2)20(3)18(23)22-19(25-20)21-16-11-7-8-12-17(16)24-13-15-9-5-4-6-10-15;1-8(2)13(3)11(17)15-12(18-13)14-9-6-4-5-7-10(9)16;1-5(2,3)4/h4-6,9-10,14,16-17H,7-8,11-13H2,1-3H3,(H,21,22,23);8-10,16H,4-7H2,1-3H3,(H,14,15,17);1-3H3/t16-,17-,20?;9-,10-,13?;/m00./s1. The van der Waals surface area contributed by atoms with Crippen LogP contribution in [0.15, 0.2) is 40.3 Å². The molecule has 270 valence electrons. The van der Waals surface area contributed by atoms with Crippen LogP contribution in [0.2, 0.25) is 19.6 Å². The van der Waals surface area contributed by atoms with E-state index in [1.807, 2.05) is 45.9 Å². The number of hydrogen-bond donors (Lipinski definition) is 3. The Morgan fingerprint density at radius 1 is 0.833 bits per heavy atom. The molecule has 4 aliphatic rings. The number of aliphatic hydroxyl groups excluding tert-OH is 1. The van der Waals surface area contributed by atoms with Crippen molar-refractivity contribution in [2.45, 2.75) is 153 Å². The van der Waals surface area contributed by atoms with Crippen LogP contribution in [0.25, 0.3) is 0 Å². The molecule has 2 unspecified atom stereocenters. The molecule has 2 saturated heterocycles. The number of carbonyl (C=O) groups excluding carboxylic acids is 2. The van der Waals surface area contributed by atoms with E-state index in [9.17, 15) is 14.7 Å². The Labute approximate surface area is 311 Å². The lowest BCUT2D eigenvalue weighted by atomic mass is 9.93. The van der Waals surface area contributed by atoms with Crippen molar-refractivity contribution in [3.8, 4) is 0 Å². The number of nitrogens with zero attached hydrogens (tertiary/aromatic N) is 2. The van der Waals surface area contributed by atoms with Gasteiger partial charge in [-0.3, -0.25) is 19.6 Å². The number of aliphatic hydroxyl groups is 1. The first-order valence-corrected chi connectivity index (χ1v) is 25.9. The third-order valence-electron chi connectivity index (χ3n) is 9.40. The third-order valence-corrected chi connectivity index (χ3v) is 12.4. The zero-order chi connectivity index (χ0) is 35.7. The van der Waals surface area contributed by atoms with Gasteiger partial charge in [0.2, 0.25) is 11.8 Å². The van der Waals surface area contributed by atoms with E-state index in [1.165, 1.54) is 30.2 Å². The number of rotatable bonds is 7. The molecule has 0 spiro atoms. The van der Waals surface area contributed by atoms with Gasteiger partial charge in [0.15, 0.2) is 10.3 Å². The van der Waals surface area contributed by atoms with Crippen LogP contribution < -0.4 is 10.6 Å². The van der Waals surface area contributed by atoms with Gasteiger partial charge in [-0.2, -0.15) is 0 Å². The maximum atomic E-state index is 12.3. The predicted molar refractivity (Wildman–Crippen MR) is 216 cm³/mol. The summed E-state index contributed by atoms with van der Waals surface area (Å²) in [5.74, 6) is 0.628. The van der Waals surface area contributed by atoms with Crippen LogP contribution in [-0.4, -0.2) is 66.6 Å². The highest BCUT2D eigenvalue weighted by atomic mass is 127. The molecule has 0 bridgehead atoms. The van der Waals surface area contributed by atoms with Crippen molar-refractivity contribution in [2.24, 2.45) is 21.8 Å². The number of halogens is 1. The number of nitrogens with one attached hydrogen (secondary N) is 2. The Kier molecular flexibility index (Phi) is 16.0. The zero-order valence-corrected chi connectivity index (χ0v) is 35.3. The lowest BCUT2D eigenvalue weighted by Gasteiger charge is -2.29. The fourth-order valence-electron chi connectivity index (χ4n) is 5.61. The average Bonchev–Trinajstić information content (AvgIpc) is 3.47. The molecule has 1 aromatic carbocycles. The van der Waals surface area contributed by atoms with Gasteiger partial charge in [-0.25, -0.2) is 0 Å². The van der Waals surface area contributed by atoms with Crippen LogP contribution in [0.4, 0.5) is 0 Å². The number of amidine groups is 2. The van der Waals surface area contributed by atoms with Gasteiger partial charge >= 0.3 is 0 Å². The van der Waals surface area contributed by atoms with Gasteiger partial charge in [0.1, 0.15) is 15.1 Å². The van der Waals surface area contributed by atoms with Crippen LogP contribution >= 0.6 is 45.3 Å². The summed E-state index contributed by atoms with van der Waals surface area (Å²) in [5, 5.41) is 17.2. The molecule has 5 rings (SSSR count). The van der Waals surface area contributed by atoms with E-state index >= 15 is 0 Å². The normalized spacial score (nSPS) is 32.4. The van der Waals surface area contributed by atoms with Crippen molar-refractivity contribution in [3.63, 3.8) is 0 Å². The van der Waals surface area contributed by atoms with E-state index in [-0.39, 0.29) is 47.9 Å². The van der Waals surface area contributed by atoms with E-state index in [2.05, 4.69) is 83.0 Å². The minimum absolute atomic E-state index is 0.0338. The molecular weight excluding hydrogens is 772 g/mol. The Balaban J connectivity index is 0.000000238. The number of benzene rings is 1. The lowest BCUT2D eigenvalue weighted by Crippen LogP contribution is -2.38. The Hall–Kier alpha value is -0.933. The first kappa shape index (κ1) is 41.5. The van der Waals surface area contributed by atoms with E-state index in [0.717, 1.165) is 43.7 Å². The fourth-order valence-corrected chi connectivity index (χ4v) is 7.83. The molecule has 2 amide bonds. The lowest BCUT2D eigenvalue weighted by molar-refractivity contribution is -0.122. The molecule has 2 aliphatic heterocycles. The summed E-state index contributed by atoms with van der Waals surface area (Å²) in [5.41, 5.74) is 0.549. The number of amides is 2. The van der Waals surface area contributed by atoms with Crippen molar-refractivity contribution < 1.29 is 19.4 Å². The zero-order valence-electron chi connectivity index (χ0n) is 30.5. The van der Waals surface area contributed by atoms with E-state index in [0.29, 0.717) is 11.8 Å². The monoisotopic (exact) mass is 830 g/mol. The first-order chi connectivity index (χ1) is 22.4. The topological polar surface area (TPSA) is 112 Å². The van der Waals surface area contributed by atoms with Crippen molar-refractivity contribution in [1.82, 2.24) is 10.6 Å². The maximum absolute atomic E-state index is 12.3. The molecule has 0 aromatic heterocycles. The van der Waals surface area contributed by atoms with Crippen molar-refractivity contribution in [1.29, 1.82) is 0 Å². The highest BCUT2D eigenvalue weighted by Crippen LogP contribution is 2.40. The molecule has 2 heterocycles. The Morgan fingerprint density at radius 2 is 1.27 bits per heavy atom. The van der Waals surface area contributed by atoms with Gasteiger partial charge < -0.3 is 20.5 Å². The predicted octanol–water partition coefficient (Wildman–Crippen LogP) is 8.33. The SMILES string of the molecule is CC(C)C1(C)SC(=N[C@H]2CCCC[C@@H]2O)NC1=O.CC(C)C1(C)SC(=N[C@H]2CCCC[C@@H]2OCc2ccccc2)NC1=O.C[Si](C)(C)I. The summed E-state index contributed by atoms with van der Waals surface area (Å²) in [6.45, 7) is 19.8. The molecule has 48 heavy (non-hydrogen) atoms. The minimum atomic E-state index is -0.641. The van der Waals surface area contributed by atoms with Crippen LogP contribution in [0.3, 0.4) is 0 Å². The van der Waals surface area contributed by atoms with Gasteiger partial charge in [-0.15, -0.1) is 21.8 Å². The summed E-state index contributed by atoms with van der Waals surface area (Å²) in [4.78, 5) is 33.8. The minimum Gasteiger partial charge on any atom is -0.391 e. The van der Waals surface area contributed by atoms with Crippen molar-refractivity contribution in [2.75, 3.05) is 0 Å². The highest BCUT2D eigenvalue weighted by molar-refractivity contribution is 14.1. The van der Waals surface area contributed by atoms with Crippen molar-refractivity contribution in [3.05, 3.63) is 35.9 Å². The van der Waals surface area contributed by atoms with Crippen LogP contribution in [0.5, 0.6) is 0 Å². The van der Waals surface area contributed by atoms with Crippen molar-refractivity contribution >= 4 is 73.0 Å². The number of thioether (sulfide) groups is 2. The fraction of sp³-hybridized carbons (Fsp3) is 0.722. The number of aliphatic imine (C=N–C) groups is 2. The molecule has 6 atom stereocenters. The molecule has 3 N–H and O–H groups in total. The number of carbonyl (C=O) groups is 2. The van der Waals surface area contributed by atoms with Crippen LogP contribution in [0.1, 0.15) is 98.5 Å². The van der Waals surface area contributed by atoms with Crippen LogP contribution in [0, 0.1) is 11.8 Å². The maximum Gasteiger partial charge on any atom is 0.242 e. The summed E-state index contributed by atoms with van der Waals surface area (Å²) in [6.07, 6.45) is 8.12. The summed E-state index contributed by atoms with van der Waals surface area (Å²) >= 11 is 5.59. The van der Waals surface area contributed by atoms with Gasteiger partial charge in [-0.05, 0) is 56.9 Å². The van der Waals surface area contributed by atoms with Gasteiger partial charge in [0, 0.05) is 0 Å². The molecule has 12 heteroatoms. The molecule has 2 saturated carbocycles. The second-order valence-electron chi connectivity index (χ2n) is 15.2. The molecular formula is C36H59IN4O4S2Si. The second-order valence-corrected chi connectivity index (χ2v) is 31.9. The number of hydrogen-bond acceptors (Lipinski definition) is 8. The largest absolute Gasteiger partial charge is 0.391 e. The highest BCUT2D eigenvalue weighted by Gasteiger charge is 2.46. The van der Waals surface area contributed by atoms with Gasteiger partial charge in [-0.1, -0.05) is 127 Å². The summed E-state index contributed by atoms with van der Waals surface area (Å²) in [7, 11) is 0. The summed E-state index contributed by atoms with van der Waals surface area (Å²) in [6, 6.07) is 10.4. The summed E-state index contributed by atoms with van der Waals surface area (Å²) < 4.78 is 5.33. The molecule has 0 radical (unpaired) electrons. The molecule has 8 nitrogen and oxygen atoms in total. The third kappa shape index (κ3) is 12.4. The van der Waals surface area contributed by atoms with Gasteiger partial charge in [0.05, 0.1) is 30.9 Å². The average molecular weight is 831 g/mol. The first-order valence-electron chi connectivity index (χ1n) is 17.6. The number of ether oxygens (including phenoxy) is 1. The quantitative estimate of drug-likeness (QED) is 0.145. The van der Waals surface area contributed by atoms with E-state index in [1.54, 1.807) is 11.8 Å². The van der Waals surface area contributed by atoms with E-state index in [4.69, 9.17) is 9.73 Å². The Bertz CT molecular complexity index is 1270. The van der Waals surface area contributed by atoms with Gasteiger partial charge in [0.25, 0.3) is 0 Å². The smallest absolute Gasteiger partial charge is 0.242 e. The van der Waals surface area contributed by atoms with Crippen LogP contribution in [-0.2, 0) is 20.9 Å². The molecule has 2 aliphatic carbocycles. The molecule has 4 fully saturated rings. The second kappa shape index (κ2) is 18.5.